The summed E-state index contributed by atoms with van der Waals surface area (Å²) in [6.45, 7) is 2.12. The summed E-state index contributed by atoms with van der Waals surface area (Å²) in [4.78, 5) is 26.1. The lowest BCUT2D eigenvalue weighted by Crippen LogP contribution is -2.43. The number of carbonyl (C=O) groups excluding carboxylic acids is 2. The van der Waals surface area contributed by atoms with Crippen LogP contribution in [0.25, 0.3) is 0 Å². The predicted octanol–water partition coefficient (Wildman–Crippen LogP) is 3.46. The molecule has 2 aromatic carbocycles. The number of rotatable bonds is 5. The summed E-state index contributed by atoms with van der Waals surface area (Å²) in [6, 6.07) is 19.5. The van der Waals surface area contributed by atoms with Crippen molar-refractivity contribution in [3.05, 3.63) is 71.8 Å². The highest BCUT2D eigenvalue weighted by Crippen LogP contribution is 2.21. The Kier molecular flexibility index (Phi) is 4.94. The summed E-state index contributed by atoms with van der Waals surface area (Å²) in [7, 11) is 0. The van der Waals surface area contributed by atoms with Gasteiger partial charge in [-0.05, 0) is 24.0 Å². The van der Waals surface area contributed by atoms with Crippen LogP contribution in [0, 0.1) is 5.92 Å². The number of carbonyl (C=O) groups is 2. The van der Waals surface area contributed by atoms with E-state index in [0.717, 1.165) is 11.1 Å². The first-order chi connectivity index (χ1) is 11.6. The lowest BCUT2D eigenvalue weighted by molar-refractivity contribution is -0.132. The lowest BCUT2D eigenvalue weighted by atomic mass is 9.98. The summed E-state index contributed by atoms with van der Waals surface area (Å²) in [5, 5.41) is 0. The van der Waals surface area contributed by atoms with Crippen LogP contribution in [0.1, 0.15) is 18.1 Å². The van der Waals surface area contributed by atoms with Crippen LogP contribution in [0.2, 0.25) is 0 Å². The van der Waals surface area contributed by atoms with Gasteiger partial charge in [-0.1, -0.05) is 67.6 Å². The fourth-order valence-electron chi connectivity index (χ4n) is 3.06. The van der Waals surface area contributed by atoms with E-state index in [0.29, 0.717) is 12.8 Å². The van der Waals surface area contributed by atoms with Gasteiger partial charge in [0.15, 0.2) is 0 Å². The van der Waals surface area contributed by atoms with Crippen molar-refractivity contribution in [2.24, 2.45) is 5.92 Å². The molecule has 1 aliphatic rings. The van der Waals surface area contributed by atoms with Crippen LogP contribution in [-0.2, 0) is 22.4 Å². The molecule has 124 valence electrons. The molecule has 0 N–H and O–H groups in total. The van der Waals surface area contributed by atoms with Gasteiger partial charge in [0.2, 0.25) is 5.91 Å². The first-order valence-corrected chi connectivity index (χ1v) is 8.23. The van der Waals surface area contributed by atoms with Crippen LogP contribution >= 0.6 is 0 Å². The summed E-state index contributed by atoms with van der Waals surface area (Å²) >= 11 is 0. The van der Waals surface area contributed by atoms with Crippen molar-refractivity contribution in [3.8, 4) is 0 Å². The highest BCUT2D eigenvalue weighted by molar-refractivity contribution is 5.94. The number of ether oxygens (including phenoxy) is 1. The Balaban J connectivity index is 1.70. The molecule has 4 heteroatoms. The molecule has 4 nitrogen and oxygen atoms in total. The van der Waals surface area contributed by atoms with Gasteiger partial charge in [-0.3, -0.25) is 4.79 Å². The third-order valence-electron chi connectivity index (χ3n) is 4.32. The minimum atomic E-state index is -0.527. The van der Waals surface area contributed by atoms with Crippen molar-refractivity contribution in [1.82, 2.24) is 4.90 Å². The number of nitrogens with zero attached hydrogens (tertiary/aromatic N) is 1. The SMILES string of the molecule is C[C@@H](Cc1ccccc1)C(=O)N1C(=O)OC[C@H]1Cc1ccccc1. The number of hydrogen-bond acceptors (Lipinski definition) is 3. The van der Waals surface area contributed by atoms with Crippen molar-refractivity contribution in [3.63, 3.8) is 0 Å². The number of amides is 2. The summed E-state index contributed by atoms with van der Waals surface area (Å²) in [5.41, 5.74) is 2.18. The molecule has 3 rings (SSSR count). The Hall–Kier alpha value is -2.62. The van der Waals surface area contributed by atoms with Gasteiger partial charge in [-0.25, -0.2) is 9.69 Å². The maximum Gasteiger partial charge on any atom is 0.416 e. The maximum absolute atomic E-state index is 12.8. The number of imide groups is 1. The Morgan fingerprint density at radius 2 is 1.67 bits per heavy atom. The van der Waals surface area contributed by atoms with Gasteiger partial charge < -0.3 is 4.74 Å². The highest BCUT2D eigenvalue weighted by atomic mass is 16.6. The zero-order chi connectivity index (χ0) is 16.9. The molecule has 1 heterocycles. The van der Waals surface area contributed by atoms with E-state index in [1.54, 1.807) is 0 Å². The van der Waals surface area contributed by atoms with Crippen LogP contribution in [0.5, 0.6) is 0 Å². The first-order valence-electron chi connectivity index (χ1n) is 8.23. The Morgan fingerprint density at radius 3 is 2.29 bits per heavy atom. The molecule has 0 radical (unpaired) electrons. The lowest BCUT2D eigenvalue weighted by Gasteiger charge is -2.23. The molecule has 2 amide bonds. The van der Waals surface area contributed by atoms with Crippen LogP contribution in [0.15, 0.2) is 60.7 Å². The topological polar surface area (TPSA) is 46.6 Å². The number of benzene rings is 2. The van der Waals surface area contributed by atoms with Crippen molar-refractivity contribution in [2.75, 3.05) is 6.61 Å². The summed E-state index contributed by atoms with van der Waals surface area (Å²) in [6.07, 6.45) is 0.707. The Labute approximate surface area is 142 Å². The number of cyclic esters (lactones) is 1. The first kappa shape index (κ1) is 16.2. The predicted molar refractivity (Wildman–Crippen MR) is 91.4 cm³/mol. The van der Waals surface area contributed by atoms with Crippen LogP contribution in [0.3, 0.4) is 0 Å². The van der Waals surface area contributed by atoms with Crippen LogP contribution in [-0.4, -0.2) is 29.5 Å². The molecular weight excluding hydrogens is 302 g/mol. The van der Waals surface area contributed by atoms with E-state index in [9.17, 15) is 9.59 Å². The van der Waals surface area contributed by atoms with Crippen molar-refractivity contribution in [2.45, 2.75) is 25.8 Å². The van der Waals surface area contributed by atoms with E-state index in [1.165, 1.54) is 4.90 Å². The highest BCUT2D eigenvalue weighted by Gasteiger charge is 2.39. The van der Waals surface area contributed by atoms with Gasteiger partial charge in [-0.2, -0.15) is 0 Å². The van der Waals surface area contributed by atoms with Gasteiger partial charge in [0.05, 0.1) is 6.04 Å². The molecule has 24 heavy (non-hydrogen) atoms. The zero-order valence-electron chi connectivity index (χ0n) is 13.7. The van der Waals surface area contributed by atoms with Crippen molar-refractivity contribution >= 4 is 12.0 Å². The summed E-state index contributed by atoms with van der Waals surface area (Å²) in [5.74, 6) is -0.432. The standard InChI is InChI=1S/C20H21NO3/c1-15(12-16-8-4-2-5-9-16)19(22)21-18(14-24-20(21)23)13-17-10-6-3-7-11-17/h2-11,15,18H,12-14H2,1H3/t15-,18+/m0/s1. The average Bonchev–Trinajstić information content (AvgIpc) is 2.96. The molecule has 0 bridgehead atoms. The maximum atomic E-state index is 12.8. The largest absolute Gasteiger partial charge is 0.447 e. The second-order valence-corrected chi connectivity index (χ2v) is 6.22. The third kappa shape index (κ3) is 3.65. The van der Waals surface area contributed by atoms with E-state index in [2.05, 4.69) is 0 Å². The molecule has 1 fully saturated rings. The monoisotopic (exact) mass is 323 g/mol. The molecule has 1 aliphatic heterocycles. The normalized spacial score (nSPS) is 18.3. The zero-order valence-corrected chi connectivity index (χ0v) is 13.7. The fourth-order valence-corrected chi connectivity index (χ4v) is 3.06. The van der Waals surface area contributed by atoms with Crippen molar-refractivity contribution < 1.29 is 14.3 Å². The molecular formula is C20H21NO3. The smallest absolute Gasteiger partial charge is 0.416 e. The molecule has 0 aliphatic carbocycles. The van der Waals surface area contributed by atoms with Gasteiger partial charge in [0.25, 0.3) is 0 Å². The van der Waals surface area contributed by atoms with E-state index in [4.69, 9.17) is 4.74 Å². The van der Waals surface area contributed by atoms with Crippen molar-refractivity contribution in [1.29, 1.82) is 0 Å². The average molecular weight is 323 g/mol. The minimum absolute atomic E-state index is 0.165. The van der Waals surface area contributed by atoms with Crippen LogP contribution in [0.4, 0.5) is 4.79 Å². The van der Waals surface area contributed by atoms with Gasteiger partial charge in [-0.15, -0.1) is 0 Å². The van der Waals surface area contributed by atoms with Gasteiger partial charge in [0, 0.05) is 5.92 Å². The molecule has 0 unspecified atom stereocenters. The molecule has 1 saturated heterocycles. The Morgan fingerprint density at radius 1 is 1.08 bits per heavy atom. The second-order valence-electron chi connectivity index (χ2n) is 6.22. The second kappa shape index (κ2) is 7.30. The molecule has 0 spiro atoms. The minimum Gasteiger partial charge on any atom is -0.447 e. The molecule has 2 aromatic rings. The molecule has 0 saturated carbocycles. The number of hydrogen-bond donors (Lipinski definition) is 0. The quantitative estimate of drug-likeness (QED) is 0.846. The summed E-state index contributed by atoms with van der Waals surface area (Å²) < 4.78 is 5.14. The van der Waals surface area contributed by atoms with E-state index in [1.807, 2.05) is 67.6 Å². The van der Waals surface area contributed by atoms with Gasteiger partial charge >= 0.3 is 6.09 Å². The van der Waals surface area contributed by atoms with E-state index in [-0.39, 0.29) is 24.5 Å². The fraction of sp³-hybridized carbons (Fsp3) is 0.300. The third-order valence-corrected chi connectivity index (χ3v) is 4.32. The van der Waals surface area contributed by atoms with Gasteiger partial charge in [0.1, 0.15) is 6.61 Å². The molecule has 0 aromatic heterocycles. The van der Waals surface area contributed by atoms with E-state index >= 15 is 0 Å². The molecule has 2 atom stereocenters. The van der Waals surface area contributed by atoms with E-state index < -0.39 is 6.09 Å². The Bertz CT molecular complexity index is 699. The van der Waals surface area contributed by atoms with Crippen LogP contribution < -0.4 is 0 Å².